The van der Waals surface area contributed by atoms with Crippen LogP contribution in [0.2, 0.25) is 0 Å². The minimum atomic E-state index is -0.0972. The molecule has 1 aromatic heterocycles. The van der Waals surface area contributed by atoms with Crippen LogP contribution in [-0.4, -0.2) is 36.8 Å². The van der Waals surface area contributed by atoms with Gasteiger partial charge in [0.25, 0.3) is 0 Å². The number of rotatable bonds is 7. The van der Waals surface area contributed by atoms with Gasteiger partial charge in [-0.3, -0.25) is 4.79 Å². The van der Waals surface area contributed by atoms with Gasteiger partial charge in [-0.1, -0.05) is 23.4 Å². The monoisotopic (exact) mass is 276 g/mol. The molecular weight excluding hydrogens is 260 g/mol. The molecule has 0 bridgehead atoms. The van der Waals surface area contributed by atoms with E-state index in [-0.39, 0.29) is 18.8 Å². The summed E-state index contributed by atoms with van der Waals surface area (Å²) in [4.78, 5) is 15.6. The maximum atomic E-state index is 11.4. The molecule has 106 valence electrons. The summed E-state index contributed by atoms with van der Waals surface area (Å²) in [6.07, 6.45) is 0.582. The van der Waals surface area contributed by atoms with E-state index in [0.29, 0.717) is 18.1 Å². The highest BCUT2D eigenvalue weighted by Crippen LogP contribution is 2.19. The van der Waals surface area contributed by atoms with Crippen molar-refractivity contribution in [2.45, 2.75) is 12.8 Å². The van der Waals surface area contributed by atoms with E-state index in [1.54, 1.807) is 7.11 Å². The lowest BCUT2D eigenvalue weighted by molar-refractivity contribution is -0.122. The van der Waals surface area contributed by atoms with Gasteiger partial charge in [0.05, 0.1) is 13.5 Å². The van der Waals surface area contributed by atoms with Gasteiger partial charge < -0.3 is 14.0 Å². The van der Waals surface area contributed by atoms with Crippen molar-refractivity contribution in [2.75, 3.05) is 20.8 Å². The van der Waals surface area contributed by atoms with Crippen LogP contribution in [0.4, 0.5) is 0 Å². The zero-order chi connectivity index (χ0) is 14.4. The van der Waals surface area contributed by atoms with E-state index >= 15 is 0 Å². The maximum absolute atomic E-state index is 11.4. The van der Waals surface area contributed by atoms with Crippen LogP contribution in [-0.2, 0) is 22.4 Å². The highest BCUT2D eigenvalue weighted by atomic mass is 16.5. The van der Waals surface area contributed by atoms with Gasteiger partial charge in [0.15, 0.2) is 11.6 Å². The Labute approximate surface area is 116 Å². The first kappa shape index (κ1) is 14.2. The fourth-order valence-electron chi connectivity index (χ4n) is 1.83. The van der Waals surface area contributed by atoms with Gasteiger partial charge in [-0.25, -0.2) is 0 Å². The topological polar surface area (TPSA) is 74.5 Å². The lowest BCUT2D eigenvalue weighted by Gasteiger charge is -2.04. The molecule has 1 aromatic carbocycles. The van der Waals surface area contributed by atoms with Crippen molar-refractivity contribution in [2.24, 2.45) is 0 Å². The number of Topliss-reactive ketones (excluding diaryl/α,β-unsaturated/α-hetero) is 1. The Hall–Kier alpha value is -2.21. The van der Waals surface area contributed by atoms with Crippen LogP contribution in [0.3, 0.4) is 0 Å². The predicted molar refractivity (Wildman–Crippen MR) is 70.7 cm³/mol. The number of ether oxygens (including phenoxy) is 2. The van der Waals surface area contributed by atoms with E-state index in [1.807, 2.05) is 24.3 Å². The highest BCUT2D eigenvalue weighted by Gasteiger charge is 2.12. The summed E-state index contributed by atoms with van der Waals surface area (Å²) < 4.78 is 15.1. The van der Waals surface area contributed by atoms with Crippen molar-refractivity contribution in [1.29, 1.82) is 0 Å². The Bertz CT molecular complexity index is 580. The third kappa shape index (κ3) is 3.64. The van der Waals surface area contributed by atoms with Crippen LogP contribution in [0, 0.1) is 0 Å². The molecule has 0 aliphatic heterocycles. The molecule has 2 rings (SSSR count). The summed E-state index contributed by atoms with van der Waals surface area (Å²) in [5.41, 5.74) is 0.963. The van der Waals surface area contributed by atoms with E-state index in [0.717, 1.165) is 11.3 Å². The SMILES string of the molecule is COCC(=O)Cc1nc(Cc2ccccc2OC)no1. The second kappa shape index (κ2) is 6.81. The zero-order valence-corrected chi connectivity index (χ0v) is 11.5. The molecule has 2 aromatic rings. The van der Waals surface area contributed by atoms with Crippen LogP contribution in [0.1, 0.15) is 17.3 Å². The van der Waals surface area contributed by atoms with Gasteiger partial charge in [-0.05, 0) is 6.07 Å². The number of hydrogen-bond donors (Lipinski definition) is 0. The number of carbonyl (C=O) groups is 1. The van der Waals surface area contributed by atoms with Crippen LogP contribution in [0.25, 0.3) is 0 Å². The van der Waals surface area contributed by atoms with Gasteiger partial charge in [0.2, 0.25) is 5.89 Å². The summed E-state index contributed by atoms with van der Waals surface area (Å²) in [6.45, 7) is 0.0459. The first-order valence-corrected chi connectivity index (χ1v) is 6.17. The Morgan fingerprint density at radius 1 is 1.30 bits per heavy atom. The van der Waals surface area contributed by atoms with Gasteiger partial charge in [-0.15, -0.1) is 0 Å². The van der Waals surface area contributed by atoms with Gasteiger partial charge in [-0.2, -0.15) is 4.98 Å². The normalized spacial score (nSPS) is 10.5. The smallest absolute Gasteiger partial charge is 0.234 e. The van der Waals surface area contributed by atoms with E-state index in [9.17, 15) is 4.79 Å². The first-order chi connectivity index (χ1) is 9.72. The highest BCUT2D eigenvalue weighted by molar-refractivity contribution is 5.81. The van der Waals surface area contributed by atoms with Crippen LogP contribution >= 0.6 is 0 Å². The molecular formula is C14H16N2O4. The van der Waals surface area contributed by atoms with Gasteiger partial charge >= 0.3 is 0 Å². The van der Waals surface area contributed by atoms with E-state index in [4.69, 9.17) is 14.0 Å². The molecule has 0 amide bonds. The summed E-state index contributed by atoms with van der Waals surface area (Å²) in [5, 5.41) is 3.87. The summed E-state index contributed by atoms with van der Waals surface area (Å²) >= 11 is 0. The fourth-order valence-corrected chi connectivity index (χ4v) is 1.83. The Kier molecular flexibility index (Phi) is 4.84. The molecule has 0 N–H and O–H groups in total. The molecule has 0 atom stereocenters. The van der Waals surface area contributed by atoms with Crippen molar-refractivity contribution < 1.29 is 18.8 Å². The fraction of sp³-hybridized carbons (Fsp3) is 0.357. The number of carbonyl (C=O) groups excluding carboxylic acids is 1. The van der Waals surface area contributed by atoms with Crippen LogP contribution in [0.15, 0.2) is 28.8 Å². The molecule has 0 aliphatic rings. The number of nitrogens with zero attached hydrogens (tertiary/aromatic N) is 2. The number of benzene rings is 1. The molecule has 0 saturated heterocycles. The Morgan fingerprint density at radius 3 is 2.85 bits per heavy atom. The second-order valence-corrected chi connectivity index (χ2v) is 4.24. The van der Waals surface area contributed by atoms with Gasteiger partial charge in [0, 0.05) is 19.1 Å². The molecule has 0 spiro atoms. The molecule has 0 unspecified atom stereocenters. The molecule has 6 nitrogen and oxygen atoms in total. The second-order valence-electron chi connectivity index (χ2n) is 4.24. The Morgan fingerprint density at radius 2 is 2.10 bits per heavy atom. The zero-order valence-electron chi connectivity index (χ0n) is 11.5. The van der Waals surface area contributed by atoms with Crippen molar-refractivity contribution in [3.05, 3.63) is 41.5 Å². The molecule has 0 radical (unpaired) electrons. The predicted octanol–water partition coefficient (Wildman–Crippen LogP) is 1.43. The van der Waals surface area contributed by atoms with E-state index in [1.165, 1.54) is 7.11 Å². The average molecular weight is 276 g/mol. The minimum Gasteiger partial charge on any atom is -0.496 e. The first-order valence-electron chi connectivity index (χ1n) is 6.17. The van der Waals surface area contributed by atoms with Crippen molar-refractivity contribution in [3.8, 4) is 5.75 Å². The molecule has 20 heavy (non-hydrogen) atoms. The number of aromatic nitrogens is 2. The average Bonchev–Trinajstić information content (AvgIpc) is 2.87. The van der Waals surface area contributed by atoms with E-state index < -0.39 is 0 Å². The molecule has 1 heterocycles. The number of ketones is 1. The standard InChI is InChI=1S/C14H16N2O4/c1-18-9-11(17)8-14-15-13(16-20-14)7-10-5-3-4-6-12(10)19-2/h3-6H,7-9H2,1-2H3. The van der Waals surface area contributed by atoms with Crippen LogP contribution < -0.4 is 4.74 Å². The van der Waals surface area contributed by atoms with Crippen LogP contribution in [0.5, 0.6) is 5.75 Å². The largest absolute Gasteiger partial charge is 0.496 e. The van der Waals surface area contributed by atoms with E-state index in [2.05, 4.69) is 10.1 Å². The summed E-state index contributed by atoms with van der Waals surface area (Å²) in [7, 11) is 3.09. The van der Waals surface area contributed by atoms with Crippen molar-refractivity contribution >= 4 is 5.78 Å². The third-order valence-electron chi connectivity index (χ3n) is 2.70. The third-order valence-corrected chi connectivity index (χ3v) is 2.70. The molecule has 0 aliphatic carbocycles. The number of para-hydroxylation sites is 1. The lowest BCUT2D eigenvalue weighted by atomic mass is 10.1. The summed E-state index contributed by atoms with van der Waals surface area (Å²) in [5.74, 6) is 1.50. The maximum Gasteiger partial charge on any atom is 0.234 e. The number of hydrogen-bond acceptors (Lipinski definition) is 6. The molecule has 0 saturated carbocycles. The summed E-state index contributed by atoms with van der Waals surface area (Å²) in [6, 6.07) is 7.62. The molecule has 6 heteroatoms. The number of methoxy groups -OCH3 is 2. The quantitative estimate of drug-likeness (QED) is 0.761. The Balaban J connectivity index is 2.04. The van der Waals surface area contributed by atoms with Gasteiger partial charge in [0.1, 0.15) is 12.4 Å². The van der Waals surface area contributed by atoms with Crippen molar-refractivity contribution in [3.63, 3.8) is 0 Å². The van der Waals surface area contributed by atoms with Crippen molar-refractivity contribution in [1.82, 2.24) is 10.1 Å². The lowest BCUT2D eigenvalue weighted by Crippen LogP contribution is -2.09. The molecule has 0 fully saturated rings. The minimum absolute atomic E-state index is 0.0459.